The zero-order valence-electron chi connectivity index (χ0n) is 13.2. The number of rotatable bonds is 6. The van der Waals surface area contributed by atoms with Crippen molar-refractivity contribution in [3.63, 3.8) is 0 Å². The molecule has 0 saturated heterocycles. The first-order chi connectivity index (χ1) is 12.0. The van der Waals surface area contributed by atoms with Crippen molar-refractivity contribution in [2.24, 2.45) is 0 Å². The molecule has 0 unspecified atom stereocenters. The summed E-state index contributed by atoms with van der Waals surface area (Å²) in [7, 11) is -3.74. The molecule has 3 rings (SSSR count). The summed E-state index contributed by atoms with van der Waals surface area (Å²) in [6, 6.07) is 14.7. The molecule has 0 aliphatic heterocycles. The van der Waals surface area contributed by atoms with Gasteiger partial charge in [0.05, 0.1) is 11.2 Å². The lowest BCUT2D eigenvalue weighted by molar-refractivity contribution is -0.116. The monoisotopic (exact) mass is 356 g/mol. The van der Waals surface area contributed by atoms with Crippen LogP contribution in [0.3, 0.4) is 0 Å². The van der Waals surface area contributed by atoms with E-state index in [1.165, 1.54) is 18.5 Å². The van der Waals surface area contributed by atoms with E-state index in [2.05, 4.69) is 15.0 Å². The van der Waals surface area contributed by atoms with Crippen LogP contribution in [0.15, 0.2) is 78.2 Å². The van der Waals surface area contributed by atoms with Crippen LogP contribution in [0.25, 0.3) is 0 Å². The molecule has 128 valence electrons. The van der Waals surface area contributed by atoms with Crippen LogP contribution in [0, 0.1) is 0 Å². The quantitative estimate of drug-likeness (QED) is 0.709. The minimum absolute atomic E-state index is 0.0665. The predicted octanol–water partition coefficient (Wildman–Crippen LogP) is 2.32. The van der Waals surface area contributed by atoms with E-state index < -0.39 is 10.0 Å². The lowest BCUT2D eigenvalue weighted by Gasteiger charge is -2.10. The van der Waals surface area contributed by atoms with Gasteiger partial charge in [-0.3, -0.25) is 9.52 Å². The molecule has 8 heteroatoms. The summed E-state index contributed by atoms with van der Waals surface area (Å²) in [6.45, 7) is 0.0965. The highest BCUT2D eigenvalue weighted by Crippen LogP contribution is 2.19. The lowest BCUT2D eigenvalue weighted by atomic mass is 10.3. The van der Waals surface area contributed by atoms with Gasteiger partial charge in [0, 0.05) is 23.8 Å². The normalized spacial score (nSPS) is 11.0. The number of benzene rings is 2. The second kappa shape index (κ2) is 7.18. The standard InChI is InChI=1S/C17H16N4O3S/c22-17(12-21-10-9-18-13-21)19-15-7-4-8-16(11-15)25(23,24)20-14-5-2-1-3-6-14/h1-11,13,20H,12H2,(H,19,22). The van der Waals surface area contributed by atoms with Crippen LogP contribution in [-0.4, -0.2) is 23.9 Å². The van der Waals surface area contributed by atoms with Gasteiger partial charge >= 0.3 is 0 Å². The van der Waals surface area contributed by atoms with Crippen LogP contribution in [0.4, 0.5) is 11.4 Å². The minimum atomic E-state index is -3.74. The molecule has 0 aliphatic carbocycles. The number of sulfonamides is 1. The molecule has 0 radical (unpaired) electrons. The second-order valence-electron chi connectivity index (χ2n) is 5.28. The van der Waals surface area contributed by atoms with Gasteiger partial charge in [-0.05, 0) is 30.3 Å². The summed E-state index contributed by atoms with van der Waals surface area (Å²) in [5, 5.41) is 2.68. The van der Waals surface area contributed by atoms with E-state index in [4.69, 9.17) is 0 Å². The summed E-state index contributed by atoms with van der Waals surface area (Å²) < 4.78 is 29.0. The van der Waals surface area contributed by atoms with Crippen molar-refractivity contribution < 1.29 is 13.2 Å². The third-order valence-electron chi connectivity index (χ3n) is 3.34. The third kappa shape index (κ3) is 4.45. The number of carbonyl (C=O) groups excluding carboxylic acids is 1. The first kappa shape index (κ1) is 16.7. The van der Waals surface area contributed by atoms with Gasteiger partial charge < -0.3 is 9.88 Å². The fourth-order valence-corrected chi connectivity index (χ4v) is 3.31. The third-order valence-corrected chi connectivity index (χ3v) is 4.72. The highest BCUT2D eigenvalue weighted by atomic mass is 32.2. The van der Waals surface area contributed by atoms with E-state index in [1.807, 2.05) is 0 Å². The van der Waals surface area contributed by atoms with E-state index in [1.54, 1.807) is 59.4 Å². The van der Waals surface area contributed by atoms with Crippen molar-refractivity contribution in [3.8, 4) is 0 Å². The van der Waals surface area contributed by atoms with Gasteiger partial charge in [0.1, 0.15) is 6.54 Å². The predicted molar refractivity (Wildman–Crippen MR) is 94.5 cm³/mol. The van der Waals surface area contributed by atoms with E-state index in [9.17, 15) is 13.2 Å². The van der Waals surface area contributed by atoms with Gasteiger partial charge in [0.2, 0.25) is 5.91 Å². The number of nitrogens with one attached hydrogen (secondary N) is 2. The molecule has 0 spiro atoms. The van der Waals surface area contributed by atoms with Gasteiger partial charge in [0.15, 0.2) is 0 Å². The van der Waals surface area contributed by atoms with Crippen LogP contribution >= 0.6 is 0 Å². The van der Waals surface area contributed by atoms with Crippen LogP contribution in [-0.2, 0) is 21.4 Å². The summed E-state index contributed by atoms with van der Waals surface area (Å²) in [4.78, 5) is 15.9. The Morgan fingerprint density at radius 1 is 1.04 bits per heavy atom. The molecule has 25 heavy (non-hydrogen) atoms. The summed E-state index contributed by atoms with van der Waals surface area (Å²) in [6.07, 6.45) is 4.78. The molecule has 1 heterocycles. The van der Waals surface area contributed by atoms with Crippen molar-refractivity contribution >= 4 is 27.3 Å². The van der Waals surface area contributed by atoms with Crippen LogP contribution < -0.4 is 10.0 Å². The van der Waals surface area contributed by atoms with Gasteiger partial charge in [-0.15, -0.1) is 0 Å². The minimum Gasteiger partial charge on any atom is -0.328 e. The zero-order chi connectivity index (χ0) is 17.7. The van der Waals surface area contributed by atoms with E-state index in [0.717, 1.165) is 0 Å². The van der Waals surface area contributed by atoms with Crippen molar-refractivity contribution in [3.05, 3.63) is 73.3 Å². The number of aromatic nitrogens is 2. The average molecular weight is 356 g/mol. The maximum Gasteiger partial charge on any atom is 0.261 e. The molecule has 2 N–H and O–H groups in total. The van der Waals surface area contributed by atoms with Crippen molar-refractivity contribution in [2.45, 2.75) is 11.4 Å². The first-order valence-electron chi connectivity index (χ1n) is 7.46. The molecule has 0 aliphatic rings. The molecule has 3 aromatic rings. The highest BCUT2D eigenvalue weighted by Gasteiger charge is 2.15. The fraction of sp³-hybridized carbons (Fsp3) is 0.0588. The Morgan fingerprint density at radius 3 is 2.52 bits per heavy atom. The molecule has 1 aromatic heterocycles. The fourth-order valence-electron chi connectivity index (χ4n) is 2.21. The molecule has 0 saturated carbocycles. The Hall–Kier alpha value is -3.13. The highest BCUT2D eigenvalue weighted by molar-refractivity contribution is 7.92. The van der Waals surface area contributed by atoms with E-state index in [0.29, 0.717) is 11.4 Å². The SMILES string of the molecule is O=C(Cn1ccnc1)Nc1cccc(S(=O)(=O)Nc2ccccc2)c1. The average Bonchev–Trinajstić information content (AvgIpc) is 3.08. The number of anilines is 2. The maximum absolute atomic E-state index is 12.5. The first-order valence-corrected chi connectivity index (χ1v) is 8.95. The Bertz CT molecular complexity index is 955. The van der Waals surface area contributed by atoms with Crippen molar-refractivity contribution in [1.29, 1.82) is 0 Å². The maximum atomic E-state index is 12.5. The Labute approximate surface area is 145 Å². The molecule has 1 amide bonds. The number of hydrogen-bond donors (Lipinski definition) is 2. The number of para-hydroxylation sites is 1. The molecular formula is C17H16N4O3S. The molecular weight excluding hydrogens is 340 g/mol. The van der Waals surface area contributed by atoms with Gasteiger partial charge in [-0.1, -0.05) is 24.3 Å². The van der Waals surface area contributed by atoms with E-state index >= 15 is 0 Å². The summed E-state index contributed by atoms with van der Waals surface area (Å²) >= 11 is 0. The largest absolute Gasteiger partial charge is 0.328 e. The smallest absolute Gasteiger partial charge is 0.261 e. The summed E-state index contributed by atoms with van der Waals surface area (Å²) in [5.74, 6) is -0.274. The Morgan fingerprint density at radius 2 is 1.80 bits per heavy atom. The molecule has 7 nitrogen and oxygen atoms in total. The molecule has 0 fully saturated rings. The topological polar surface area (TPSA) is 93.1 Å². The number of hydrogen-bond acceptors (Lipinski definition) is 4. The van der Waals surface area contributed by atoms with Gasteiger partial charge in [-0.25, -0.2) is 13.4 Å². The molecule has 2 aromatic carbocycles. The Kier molecular flexibility index (Phi) is 4.80. The molecule has 0 atom stereocenters. The van der Waals surface area contributed by atoms with Crippen molar-refractivity contribution in [2.75, 3.05) is 10.0 Å². The van der Waals surface area contributed by atoms with Crippen LogP contribution in [0.5, 0.6) is 0 Å². The van der Waals surface area contributed by atoms with Gasteiger partial charge in [0.25, 0.3) is 10.0 Å². The summed E-state index contributed by atoms with van der Waals surface area (Å²) in [5.41, 5.74) is 0.873. The lowest BCUT2D eigenvalue weighted by Crippen LogP contribution is -2.18. The Balaban J connectivity index is 1.73. The number of imidazole rings is 1. The van der Waals surface area contributed by atoms with Crippen LogP contribution in [0.1, 0.15) is 0 Å². The second-order valence-corrected chi connectivity index (χ2v) is 6.96. The van der Waals surface area contributed by atoms with Crippen LogP contribution in [0.2, 0.25) is 0 Å². The van der Waals surface area contributed by atoms with E-state index in [-0.39, 0.29) is 17.3 Å². The molecule has 0 bridgehead atoms. The zero-order valence-corrected chi connectivity index (χ0v) is 14.0. The number of amides is 1. The van der Waals surface area contributed by atoms with Gasteiger partial charge in [-0.2, -0.15) is 0 Å². The van der Waals surface area contributed by atoms with Crippen molar-refractivity contribution in [1.82, 2.24) is 9.55 Å². The number of carbonyl (C=O) groups is 1. The number of nitrogens with zero attached hydrogens (tertiary/aromatic N) is 2.